The predicted molar refractivity (Wildman–Crippen MR) is 70.6 cm³/mol. The van der Waals surface area contributed by atoms with Crippen LogP contribution in [0.2, 0.25) is 5.02 Å². The molecule has 0 atom stereocenters. The quantitative estimate of drug-likeness (QED) is 0.722. The van der Waals surface area contributed by atoms with Crippen molar-refractivity contribution in [3.63, 3.8) is 0 Å². The second-order valence-corrected chi connectivity index (χ2v) is 4.33. The Morgan fingerprint density at radius 1 is 0.875 bits per heavy atom. The van der Waals surface area contributed by atoms with E-state index in [1.54, 1.807) is 0 Å². The monoisotopic (exact) mass is 296 g/mol. The molecule has 1 nitrogen and oxygen atoms in total. The highest BCUT2D eigenvalue weighted by Crippen LogP contribution is 2.23. The third kappa shape index (κ3) is 3.00. The zero-order chi connectivity index (χ0) is 11.4. The third-order valence-corrected chi connectivity index (χ3v) is 3.03. The van der Waals surface area contributed by atoms with Crippen LogP contribution in [0.15, 0.2) is 48.5 Å². The molecule has 2 aromatic carbocycles. The van der Waals surface area contributed by atoms with E-state index in [0.29, 0.717) is 5.02 Å². The van der Waals surface area contributed by atoms with E-state index in [1.165, 1.54) is 5.56 Å². The van der Waals surface area contributed by atoms with Gasteiger partial charge in [0.1, 0.15) is 11.5 Å². The van der Waals surface area contributed by atoms with Gasteiger partial charge in [0.25, 0.3) is 0 Å². The molecule has 0 aliphatic heterocycles. The Bertz CT molecular complexity index is 450. The fourth-order valence-electron chi connectivity index (χ4n) is 1.29. The van der Waals surface area contributed by atoms with Gasteiger partial charge in [-0.2, -0.15) is 0 Å². The molecule has 2 rings (SSSR count). The summed E-state index contributed by atoms with van der Waals surface area (Å²) >= 11 is 9.19. The van der Waals surface area contributed by atoms with E-state index in [-0.39, 0.29) is 0 Å². The van der Waals surface area contributed by atoms with E-state index < -0.39 is 0 Å². The lowest BCUT2D eigenvalue weighted by molar-refractivity contribution is 0.482. The number of ether oxygens (including phenoxy) is 1. The van der Waals surface area contributed by atoms with Crippen molar-refractivity contribution in [2.75, 3.05) is 0 Å². The van der Waals surface area contributed by atoms with Crippen molar-refractivity contribution in [2.24, 2.45) is 0 Å². The van der Waals surface area contributed by atoms with E-state index in [0.717, 1.165) is 16.8 Å². The molecule has 0 amide bonds. The molecule has 0 N–H and O–H groups in total. The van der Waals surface area contributed by atoms with Crippen LogP contribution in [0.1, 0.15) is 5.56 Å². The topological polar surface area (TPSA) is 9.23 Å². The van der Waals surface area contributed by atoms with Gasteiger partial charge in [0.15, 0.2) is 0 Å². The van der Waals surface area contributed by atoms with Crippen LogP contribution in [0.4, 0.5) is 0 Å². The highest BCUT2D eigenvalue weighted by Gasteiger charge is 1.97. The zero-order valence-electron chi connectivity index (χ0n) is 8.49. The minimum atomic E-state index is 0.710. The lowest BCUT2D eigenvalue weighted by Crippen LogP contribution is -1.84. The van der Waals surface area contributed by atoms with Crippen molar-refractivity contribution in [2.45, 2.75) is 5.33 Å². The third-order valence-electron chi connectivity index (χ3n) is 2.13. The summed E-state index contributed by atoms with van der Waals surface area (Å²) in [7, 11) is 0. The molecular weight excluding hydrogens is 287 g/mol. The lowest BCUT2D eigenvalue weighted by atomic mass is 10.2. The molecule has 0 aromatic heterocycles. The second kappa shape index (κ2) is 5.37. The summed E-state index contributed by atoms with van der Waals surface area (Å²) in [6.45, 7) is 0. The molecule has 0 saturated heterocycles. The Labute approximate surface area is 108 Å². The SMILES string of the molecule is Clc1ccc(Oc2ccc(CBr)cc2)cc1. The molecule has 0 spiro atoms. The summed E-state index contributed by atoms with van der Waals surface area (Å²) in [6.07, 6.45) is 0. The summed E-state index contributed by atoms with van der Waals surface area (Å²) in [6, 6.07) is 15.3. The summed E-state index contributed by atoms with van der Waals surface area (Å²) in [5, 5.41) is 1.57. The molecular formula is C13H10BrClO. The standard InChI is InChI=1S/C13H10BrClO/c14-9-10-1-5-12(6-2-10)16-13-7-3-11(15)4-8-13/h1-8H,9H2. The maximum atomic E-state index is 5.79. The number of hydrogen-bond acceptors (Lipinski definition) is 1. The van der Waals surface area contributed by atoms with Crippen LogP contribution < -0.4 is 4.74 Å². The van der Waals surface area contributed by atoms with Crippen LogP contribution in [-0.2, 0) is 5.33 Å². The molecule has 0 radical (unpaired) electrons. The van der Waals surface area contributed by atoms with Gasteiger partial charge in [0.05, 0.1) is 0 Å². The van der Waals surface area contributed by atoms with Crippen molar-refractivity contribution in [1.29, 1.82) is 0 Å². The van der Waals surface area contributed by atoms with E-state index in [2.05, 4.69) is 15.9 Å². The molecule has 16 heavy (non-hydrogen) atoms. The van der Waals surface area contributed by atoms with Crippen LogP contribution in [0.25, 0.3) is 0 Å². The minimum absolute atomic E-state index is 0.710. The molecule has 0 aliphatic carbocycles. The van der Waals surface area contributed by atoms with Crippen molar-refractivity contribution in [3.05, 3.63) is 59.1 Å². The largest absolute Gasteiger partial charge is 0.457 e. The van der Waals surface area contributed by atoms with Crippen molar-refractivity contribution >= 4 is 27.5 Å². The van der Waals surface area contributed by atoms with Gasteiger partial charge in [-0.1, -0.05) is 39.7 Å². The first-order valence-corrected chi connectivity index (χ1v) is 6.36. The predicted octanol–water partition coefficient (Wildman–Crippen LogP) is 5.03. The molecule has 0 heterocycles. The number of rotatable bonds is 3. The van der Waals surface area contributed by atoms with E-state index in [4.69, 9.17) is 16.3 Å². The van der Waals surface area contributed by atoms with Crippen molar-refractivity contribution in [1.82, 2.24) is 0 Å². The van der Waals surface area contributed by atoms with Crippen LogP contribution in [0.5, 0.6) is 11.5 Å². The van der Waals surface area contributed by atoms with Gasteiger partial charge in [-0.05, 0) is 42.0 Å². The second-order valence-electron chi connectivity index (χ2n) is 3.33. The Morgan fingerprint density at radius 2 is 1.38 bits per heavy atom. The van der Waals surface area contributed by atoms with Gasteiger partial charge >= 0.3 is 0 Å². The van der Waals surface area contributed by atoms with E-state index in [1.807, 2.05) is 48.5 Å². The molecule has 0 saturated carbocycles. The molecule has 0 fully saturated rings. The summed E-state index contributed by atoms with van der Waals surface area (Å²) in [5.41, 5.74) is 1.23. The average Bonchev–Trinajstić information content (AvgIpc) is 2.33. The Morgan fingerprint density at radius 3 is 1.88 bits per heavy atom. The van der Waals surface area contributed by atoms with Crippen LogP contribution in [-0.4, -0.2) is 0 Å². The van der Waals surface area contributed by atoms with Gasteiger partial charge in [-0.3, -0.25) is 0 Å². The number of hydrogen-bond donors (Lipinski definition) is 0. The molecule has 2 aromatic rings. The maximum Gasteiger partial charge on any atom is 0.127 e. The van der Waals surface area contributed by atoms with E-state index >= 15 is 0 Å². The lowest BCUT2D eigenvalue weighted by Gasteiger charge is -2.05. The minimum Gasteiger partial charge on any atom is -0.457 e. The Hall–Kier alpha value is -0.990. The molecule has 82 valence electrons. The fraction of sp³-hybridized carbons (Fsp3) is 0.0769. The Balaban J connectivity index is 2.11. The molecule has 0 bridgehead atoms. The van der Waals surface area contributed by atoms with Crippen LogP contribution in [0.3, 0.4) is 0 Å². The van der Waals surface area contributed by atoms with Gasteiger partial charge in [0, 0.05) is 10.4 Å². The molecule has 0 unspecified atom stereocenters. The van der Waals surface area contributed by atoms with Gasteiger partial charge in [0.2, 0.25) is 0 Å². The highest BCUT2D eigenvalue weighted by atomic mass is 79.9. The fourth-order valence-corrected chi connectivity index (χ4v) is 1.79. The van der Waals surface area contributed by atoms with Crippen molar-refractivity contribution < 1.29 is 4.74 Å². The maximum absolute atomic E-state index is 5.79. The Kier molecular flexibility index (Phi) is 3.86. The number of halogens is 2. The molecule has 0 aliphatic rings. The van der Waals surface area contributed by atoms with Crippen LogP contribution in [0, 0.1) is 0 Å². The normalized spacial score (nSPS) is 10.1. The first-order chi connectivity index (χ1) is 7.78. The first kappa shape index (κ1) is 11.5. The first-order valence-electron chi connectivity index (χ1n) is 4.86. The molecule has 3 heteroatoms. The summed E-state index contributed by atoms with van der Waals surface area (Å²) in [5.74, 6) is 1.61. The van der Waals surface area contributed by atoms with Gasteiger partial charge in [-0.25, -0.2) is 0 Å². The zero-order valence-corrected chi connectivity index (χ0v) is 10.8. The van der Waals surface area contributed by atoms with Crippen molar-refractivity contribution in [3.8, 4) is 11.5 Å². The van der Waals surface area contributed by atoms with E-state index in [9.17, 15) is 0 Å². The number of alkyl halides is 1. The highest BCUT2D eigenvalue weighted by molar-refractivity contribution is 9.08. The van der Waals surface area contributed by atoms with Crippen LogP contribution >= 0.6 is 27.5 Å². The smallest absolute Gasteiger partial charge is 0.127 e. The average molecular weight is 298 g/mol. The number of benzene rings is 2. The summed E-state index contributed by atoms with van der Waals surface area (Å²) < 4.78 is 5.66. The van der Waals surface area contributed by atoms with Gasteiger partial charge in [-0.15, -0.1) is 0 Å². The summed E-state index contributed by atoms with van der Waals surface area (Å²) in [4.78, 5) is 0. The van der Waals surface area contributed by atoms with Gasteiger partial charge < -0.3 is 4.74 Å².